The second kappa shape index (κ2) is 5.67. The van der Waals surface area contributed by atoms with Crippen molar-refractivity contribution in [1.82, 2.24) is 4.90 Å². The molecule has 0 aromatic heterocycles. The van der Waals surface area contributed by atoms with Gasteiger partial charge in [0.1, 0.15) is 24.5 Å². The first-order valence-corrected chi connectivity index (χ1v) is 5.71. The molecule has 0 amide bonds. The summed E-state index contributed by atoms with van der Waals surface area (Å²) >= 11 is 0. The molecule has 1 fully saturated rings. The van der Waals surface area contributed by atoms with Gasteiger partial charge in [-0.3, -0.25) is 0 Å². The van der Waals surface area contributed by atoms with Crippen LogP contribution >= 0.6 is 0 Å². The van der Waals surface area contributed by atoms with Gasteiger partial charge in [-0.2, -0.15) is 5.26 Å². The summed E-state index contributed by atoms with van der Waals surface area (Å²) in [7, 11) is 2.07. The van der Waals surface area contributed by atoms with Gasteiger partial charge in [-0.25, -0.2) is 0 Å². The van der Waals surface area contributed by atoms with E-state index < -0.39 is 0 Å². The maximum Gasteiger partial charge on any atom is 0.137 e. The van der Waals surface area contributed by atoms with Gasteiger partial charge in [0.15, 0.2) is 0 Å². The van der Waals surface area contributed by atoms with E-state index in [1.165, 1.54) is 0 Å². The SMILES string of the molecule is CN1CCOC(COc2ccccc2C#N)C1. The lowest BCUT2D eigenvalue weighted by Crippen LogP contribution is -2.42. The van der Waals surface area contributed by atoms with E-state index in [2.05, 4.69) is 18.0 Å². The second-order valence-corrected chi connectivity index (χ2v) is 4.17. The number of para-hydroxylation sites is 1. The summed E-state index contributed by atoms with van der Waals surface area (Å²) in [5, 5.41) is 8.93. The summed E-state index contributed by atoms with van der Waals surface area (Å²) in [5.74, 6) is 0.631. The van der Waals surface area contributed by atoms with Crippen LogP contribution in [0.4, 0.5) is 0 Å². The Morgan fingerprint density at radius 3 is 3.12 bits per heavy atom. The van der Waals surface area contributed by atoms with Gasteiger partial charge >= 0.3 is 0 Å². The van der Waals surface area contributed by atoms with E-state index in [9.17, 15) is 0 Å². The molecule has 4 heteroatoms. The maximum atomic E-state index is 8.93. The van der Waals surface area contributed by atoms with Crippen molar-refractivity contribution in [3.05, 3.63) is 29.8 Å². The first-order chi connectivity index (χ1) is 8.29. The number of hydrogen-bond acceptors (Lipinski definition) is 4. The number of benzene rings is 1. The number of nitriles is 1. The molecule has 1 aliphatic rings. The van der Waals surface area contributed by atoms with Crippen molar-refractivity contribution in [2.75, 3.05) is 33.4 Å². The van der Waals surface area contributed by atoms with Crippen LogP contribution in [0.15, 0.2) is 24.3 Å². The predicted octanol–water partition coefficient (Wildman–Crippen LogP) is 1.27. The molecule has 0 spiro atoms. The molecule has 17 heavy (non-hydrogen) atoms. The third kappa shape index (κ3) is 3.19. The van der Waals surface area contributed by atoms with Gasteiger partial charge in [0.05, 0.1) is 12.2 Å². The Morgan fingerprint density at radius 2 is 2.35 bits per heavy atom. The first-order valence-electron chi connectivity index (χ1n) is 5.71. The predicted molar refractivity (Wildman–Crippen MR) is 63.9 cm³/mol. The van der Waals surface area contributed by atoms with Gasteiger partial charge in [-0.15, -0.1) is 0 Å². The zero-order valence-corrected chi connectivity index (χ0v) is 9.93. The van der Waals surface area contributed by atoms with E-state index in [1.807, 2.05) is 18.2 Å². The molecule has 1 saturated heterocycles. The molecule has 1 aromatic rings. The zero-order chi connectivity index (χ0) is 12.1. The molecule has 4 nitrogen and oxygen atoms in total. The average Bonchev–Trinajstić information content (AvgIpc) is 2.37. The van der Waals surface area contributed by atoms with Gasteiger partial charge in [-0.1, -0.05) is 12.1 Å². The monoisotopic (exact) mass is 232 g/mol. The van der Waals surface area contributed by atoms with Gasteiger partial charge in [0, 0.05) is 13.1 Å². The van der Waals surface area contributed by atoms with E-state index in [4.69, 9.17) is 14.7 Å². The lowest BCUT2D eigenvalue weighted by molar-refractivity contribution is -0.0403. The minimum atomic E-state index is 0.0838. The molecule has 0 bridgehead atoms. The zero-order valence-electron chi connectivity index (χ0n) is 9.93. The van der Waals surface area contributed by atoms with Gasteiger partial charge in [-0.05, 0) is 19.2 Å². The minimum Gasteiger partial charge on any atom is -0.489 e. The number of rotatable bonds is 3. The summed E-state index contributed by atoms with van der Waals surface area (Å²) in [6, 6.07) is 9.37. The van der Waals surface area contributed by atoms with Crippen LogP contribution in [0.5, 0.6) is 5.75 Å². The van der Waals surface area contributed by atoms with Crippen LogP contribution in [0.3, 0.4) is 0 Å². The number of likely N-dealkylation sites (N-methyl/N-ethyl adjacent to an activating group) is 1. The molecule has 1 heterocycles. The lowest BCUT2D eigenvalue weighted by Gasteiger charge is -2.29. The highest BCUT2D eigenvalue weighted by molar-refractivity contribution is 5.42. The van der Waals surface area contributed by atoms with E-state index in [-0.39, 0.29) is 6.10 Å². The van der Waals surface area contributed by atoms with Crippen molar-refractivity contribution in [1.29, 1.82) is 5.26 Å². The van der Waals surface area contributed by atoms with Crippen molar-refractivity contribution in [2.24, 2.45) is 0 Å². The Hall–Kier alpha value is -1.57. The highest BCUT2D eigenvalue weighted by Gasteiger charge is 2.18. The van der Waals surface area contributed by atoms with E-state index in [0.717, 1.165) is 19.7 Å². The molecule has 1 unspecified atom stereocenters. The Kier molecular flexibility index (Phi) is 3.97. The van der Waals surface area contributed by atoms with Crippen LogP contribution in [0, 0.1) is 11.3 Å². The quantitative estimate of drug-likeness (QED) is 0.787. The molecule has 0 aliphatic carbocycles. The van der Waals surface area contributed by atoms with Crippen LogP contribution < -0.4 is 4.74 Å². The van der Waals surface area contributed by atoms with Gasteiger partial charge in [0.25, 0.3) is 0 Å². The van der Waals surface area contributed by atoms with Crippen LogP contribution in [-0.4, -0.2) is 44.4 Å². The Bertz CT molecular complexity index is 414. The third-order valence-corrected chi connectivity index (χ3v) is 2.77. The topological polar surface area (TPSA) is 45.5 Å². The van der Waals surface area contributed by atoms with Crippen LogP contribution in [0.1, 0.15) is 5.56 Å². The highest BCUT2D eigenvalue weighted by atomic mass is 16.5. The van der Waals surface area contributed by atoms with Crippen molar-refractivity contribution in [2.45, 2.75) is 6.10 Å². The standard InChI is InChI=1S/C13H16N2O2/c1-15-6-7-16-12(9-15)10-17-13-5-3-2-4-11(13)8-14/h2-5,12H,6-7,9-10H2,1H3. The third-order valence-electron chi connectivity index (χ3n) is 2.77. The average molecular weight is 232 g/mol. The number of nitrogens with zero attached hydrogens (tertiary/aromatic N) is 2. The highest BCUT2D eigenvalue weighted by Crippen LogP contribution is 2.17. The van der Waals surface area contributed by atoms with E-state index in [0.29, 0.717) is 17.9 Å². The minimum absolute atomic E-state index is 0.0838. The van der Waals surface area contributed by atoms with E-state index >= 15 is 0 Å². The van der Waals surface area contributed by atoms with Crippen molar-refractivity contribution in [3.8, 4) is 11.8 Å². The summed E-state index contributed by atoms with van der Waals surface area (Å²) in [5.41, 5.74) is 0.566. The number of hydrogen-bond donors (Lipinski definition) is 0. The van der Waals surface area contributed by atoms with Crippen LogP contribution in [0.2, 0.25) is 0 Å². The fourth-order valence-electron chi connectivity index (χ4n) is 1.84. The summed E-state index contributed by atoms with van der Waals surface area (Å²) in [6.45, 7) is 3.06. The molecule has 1 aliphatic heterocycles. The summed E-state index contributed by atoms with van der Waals surface area (Å²) in [4.78, 5) is 2.22. The summed E-state index contributed by atoms with van der Waals surface area (Å²) < 4.78 is 11.2. The number of morpholine rings is 1. The van der Waals surface area contributed by atoms with Crippen molar-refractivity contribution < 1.29 is 9.47 Å². The Balaban J connectivity index is 1.91. The Labute approximate surface area is 101 Å². The summed E-state index contributed by atoms with van der Waals surface area (Å²) in [6.07, 6.45) is 0.0838. The molecule has 0 radical (unpaired) electrons. The van der Waals surface area contributed by atoms with Gasteiger partial charge < -0.3 is 14.4 Å². The van der Waals surface area contributed by atoms with E-state index in [1.54, 1.807) is 6.07 Å². The molecule has 0 N–H and O–H groups in total. The molecule has 2 rings (SSSR count). The maximum absolute atomic E-state index is 8.93. The lowest BCUT2D eigenvalue weighted by atomic mass is 10.2. The van der Waals surface area contributed by atoms with Crippen molar-refractivity contribution >= 4 is 0 Å². The number of ether oxygens (including phenoxy) is 2. The largest absolute Gasteiger partial charge is 0.489 e. The molecular formula is C13H16N2O2. The molecule has 0 saturated carbocycles. The van der Waals surface area contributed by atoms with Gasteiger partial charge in [0.2, 0.25) is 0 Å². The normalized spacial score (nSPS) is 20.8. The second-order valence-electron chi connectivity index (χ2n) is 4.17. The van der Waals surface area contributed by atoms with Crippen molar-refractivity contribution in [3.63, 3.8) is 0 Å². The fraction of sp³-hybridized carbons (Fsp3) is 0.462. The molecule has 90 valence electrons. The fourth-order valence-corrected chi connectivity index (χ4v) is 1.84. The smallest absolute Gasteiger partial charge is 0.137 e. The molecule has 1 aromatic carbocycles. The van der Waals surface area contributed by atoms with Crippen LogP contribution in [-0.2, 0) is 4.74 Å². The van der Waals surface area contributed by atoms with Crippen LogP contribution in [0.25, 0.3) is 0 Å². The molecular weight excluding hydrogens is 216 g/mol. The molecule has 1 atom stereocenters. The Morgan fingerprint density at radius 1 is 1.53 bits per heavy atom. The first kappa shape index (κ1) is 11.9.